The number of nitro benzene ring substituents is 1. The van der Waals surface area contributed by atoms with Crippen LogP contribution < -0.4 is 4.74 Å². The molecule has 2 rings (SSSR count). The monoisotopic (exact) mass is 204 g/mol. The van der Waals surface area contributed by atoms with Crippen LogP contribution in [0.25, 0.3) is 0 Å². The number of rotatable bonds is 1. The Kier molecular flexibility index (Phi) is 2.05. The molecule has 1 aliphatic rings. The van der Waals surface area contributed by atoms with Crippen LogP contribution in [0.4, 0.5) is 5.69 Å². The molecule has 0 spiro atoms. The molecule has 0 saturated heterocycles. The van der Waals surface area contributed by atoms with Gasteiger partial charge in [0, 0.05) is 18.1 Å². The zero-order valence-corrected chi connectivity index (χ0v) is 8.11. The van der Waals surface area contributed by atoms with Crippen LogP contribution in [0.2, 0.25) is 0 Å². The van der Waals surface area contributed by atoms with E-state index in [9.17, 15) is 10.1 Å². The highest BCUT2D eigenvalue weighted by molar-refractivity contribution is 5.62. The molecule has 5 nitrogen and oxygen atoms in total. The average molecular weight is 204 g/mol. The molecule has 0 saturated carbocycles. The van der Waals surface area contributed by atoms with Crippen molar-refractivity contribution in [2.45, 2.75) is 13.3 Å². The van der Waals surface area contributed by atoms with Gasteiger partial charge in [0.15, 0.2) is 0 Å². The third-order valence-electron chi connectivity index (χ3n) is 2.45. The molecular formula is C10H8N2O3. The minimum absolute atomic E-state index is 0.126. The fourth-order valence-electron chi connectivity index (χ4n) is 1.81. The zero-order chi connectivity index (χ0) is 11.0. The number of benzene rings is 1. The minimum atomic E-state index is -0.524. The maximum Gasteiger partial charge on any atom is 0.287 e. The molecule has 1 heterocycles. The molecule has 0 amide bonds. The Morgan fingerprint density at radius 3 is 3.00 bits per heavy atom. The predicted octanol–water partition coefficient (Wildman–Crippen LogP) is 1.71. The van der Waals surface area contributed by atoms with Crippen molar-refractivity contribution < 1.29 is 9.66 Å². The Balaban J connectivity index is 2.75. The maximum absolute atomic E-state index is 10.7. The number of aryl methyl sites for hydroxylation is 1. The first-order valence-electron chi connectivity index (χ1n) is 4.49. The number of ether oxygens (including phenoxy) is 1. The maximum atomic E-state index is 10.7. The van der Waals surface area contributed by atoms with Gasteiger partial charge in [-0.05, 0) is 12.5 Å². The first-order chi connectivity index (χ1) is 7.15. The quantitative estimate of drug-likeness (QED) is 0.515. The van der Waals surface area contributed by atoms with Crippen LogP contribution in [0.1, 0.15) is 16.7 Å². The van der Waals surface area contributed by atoms with E-state index in [1.54, 1.807) is 6.92 Å². The first kappa shape index (κ1) is 9.46. The van der Waals surface area contributed by atoms with Crippen LogP contribution in [0.3, 0.4) is 0 Å². The number of hydrogen-bond donors (Lipinski definition) is 0. The molecule has 0 bridgehead atoms. The molecule has 0 aliphatic carbocycles. The highest BCUT2D eigenvalue weighted by Gasteiger charge is 2.26. The summed E-state index contributed by atoms with van der Waals surface area (Å²) < 4.78 is 5.33. The van der Waals surface area contributed by atoms with Crippen LogP contribution in [-0.4, -0.2) is 11.5 Å². The minimum Gasteiger partial charge on any atom is -0.493 e. The molecular weight excluding hydrogens is 196 g/mol. The van der Waals surface area contributed by atoms with Crippen LogP contribution >= 0.6 is 0 Å². The Morgan fingerprint density at radius 2 is 2.40 bits per heavy atom. The lowest BCUT2D eigenvalue weighted by atomic mass is 10.0. The average Bonchev–Trinajstić information content (AvgIpc) is 2.66. The van der Waals surface area contributed by atoms with E-state index < -0.39 is 4.92 Å². The summed E-state index contributed by atoms with van der Waals surface area (Å²) in [5, 5.41) is 19.7. The van der Waals surface area contributed by atoms with E-state index in [0.717, 1.165) is 0 Å². The van der Waals surface area contributed by atoms with Crippen molar-refractivity contribution >= 4 is 5.69 Å². The molecule has 0 unspecified atom stereocenters. The molecule has 0 fully saturated rings. The molecule has 76 valence electrons. The Morgan fingerprint density at radius 1 is 1.67 bits per heavy atom. The van der Waals surface area contributed by atoms with Gasteiger partial charge in [-0.1, -0.05) is 0 Å². The van der Waals surface area contributed by atoms with Gasteiger partial charge in [0.25, 0.3) is 5.69 Å². The van der Waals surface area contributed by atoms with Crippen molar-refractivity contribution in [1.82, 2.24) is 0 Å². The molecule has 5 heteroatoms. The highest BCUT2D eigenvalue weighted by Crippen LogP contribution is 2.36. The van der Waals surface area contributed by atoms with E-state index in [-0.39, 0.29) is 11.3 Å². The van der Waals surface area contributed by atoms with Crippen molar-refractivity contribution in [3.05, 3.63) is 32.9 Å². The molecule has 1 aromatic rings. The summed E-state index contributed by atoms with van der Waals surface area (Å²) in [6, 6.07) is 3.27. The van der Waals surface area contributed by atoms with Crippen LogP contribution in [0.15, 0.2) is 6.07 Å². The number of fused-ring (bicyclic) bond motifs is 1. The second-order valence-electron chi connectivity index (χ2n) is 3.36. The number of nitrogens with zero attached hydrogens (tertiary/aromatic N) is 2. The van der Waals surface area contributed by atoms with Gasteiger partial charge in [-0.3, -0.25) is 10.1 Å². The fourth-order valence-corrected chi connectivity index (χ4v) is 1.81. The smallest absolute Gasteiger partial charge is 0.287 e. The molecule has 0 N–H and O–H groups in total. The lowest BCUT2D eigenvalue weighted by Crippen LogP contribution is -1.97. The largest absolute Gasteiger partial charge is 0.493 e. The number of nitriles is 1. The van der Waals surface area contributed by atoms with E-state index in [2.05, 4.69) is 0 Å². The van der Waals surface area contributed by atoms with Gasteiger partial charge < -0.3 is 4.74 Å². The Labute approximate surface area is 86.0 Å². The highest BCUT2D eigenvalue weighted by atomic mass is 16.6. The first-order valence-corrected chi connectivity index (χ1v) is 4.49. The van der Waals surface area contributed by atoms with Gasteiger partial charge >= 0.3 is 0 Å². The zero-order valence-electron chi connectivity index (χ0n) is 8.11. The second-order valence-corrected chi connectivity index (χ2v) is 3.36. The molecule has 0 aromatic heterocycles. The summed E-state index contributed by atoms with van der Waals surface area (Å²) in [5.41, 5.74) is 1.40. The summed E-state index contributed by atoms with van der Waals surface area (Å²) >= 11 is 0. The van der Waals surface area contributed by atoms with Crippen molar-refractivity contribution in [3.63, 3.8) is 0 Å². The number of hydrogen-bond acceptors (Lipinski definition) is 4. The van der Waals surface area contributed by atoms with Gasteiger partial charge in [0.05, 0.1) is 11.5 Å². The summed E-state index contributed by atoms with van der Waals surface area (Å²) in [6.07, 6.45) is 0.570. The van der Waals surface area contributed by atoms with Crippen LogP contribution in [0.5, 0.6) is 5.75 Å². The van der Waals surface area contributed by atoms with Crippen LogP contribution in [0, 0.1) is 28.4 Å². The third-order valence-corrected chi connectivity index (χ3v) is 2.45. The summed E-state index contributed by atoms with van der Waals surface area (Å²) in [6.45, 7) is 2.24. The van der Waals surface area contributed by atoms with E-state index in [4.69, 9.17) is 10.00 Å². The summed E-state index contributed by atoms with van der Waals surface area (Å²) in [7, 11) is 0. The molecule has 1 aromatic carbocycles. The van der Waals surface area contributed by atoms with Gasteiger partial charge in [-0.15, -0.1) is 0 Å². The number of nitro groups is 1. The van der Waals surface area contributed by atoms with E-state index in [0.29, 0.717) is 29.9 Å². The molecule has 0 radical (unpaired) electrons. The van der Waals surface area contributed by atoms with E-state index in [1.807, 2.05) is 6.07 Å². The van der Waals surface area contributed by atoms with Gasteiger partial charge in [-0.2, -0.15) is 5.26 Å². The fraction of sp³-hybridized carbons (Fsp3) is 0.300. The second kappa shape index (κ2) is 3.24. The normalized spacial score (nSPS) is 12.8. The van der Waals surface area contributed by atoms with E-state index >= 15 is 0 Å². The van der Waals surface area contributed by atoms with E-state index in [1.165, 1.54) is 6.07 Å². The lowest BCUT2D eigenvalue weighted by Gasteiger charge is -2.05. The summed E-state index contributed by atoms with van der Waals surface area (Å²) in [4.78, 5) is 10.2. The SMILES string of the molecule is Cc1cc([N+](=O)[O-])c(C#N)c2c1OCC2. The van der Waals surface area contributed by atoms with Crippen LogP contribution in [-0.2, 0) is 6.42 Å². The summed E-state index contributed by atoms with van der Waals surface area (Å²) in [5.74, 6) is 0.636. The topological polar surface area (TPSA) is 76.2 Å². The van der Waals surface area contributed by atoms with Gasteiger partial charge in [-0.25, -0.2) is 0 Å². The molecule has 1 aliphatic heterocycles. The standard InChI is InChI=1S/C10H8N2O3/c1-6-4-9(12(13)14)8(5-11)7-2-3-15-10(6)7/h4H,2-3H2,1H3. The van der Waals surface area contributed by atoms with Gasteiger partial charge in [0.1, 0.15) is 17.4 Å². The van der Waals surface area contributed by atoms with Crippen molar-refractivity contribution in [2.75, 3.05) is 6.61 Å². The molecule has 0 atom stereocenters. The van der Waals surface area contributed by atoms with Gasteiger partial charge in [0.2, 0.25) is 0 Å². The lowest BCUT2D eigenvalue weighted by molar-refractivity contribution is -0.385. The van der Waals surface area contributed by atoms with Crippen molar-refractivity contribution in [2.24, 2.45) is 0 Å². The van der Waals surface area contributed by atoms with Crippen molar-refractivity contribution in [1.29, 1.82) is 5.26 Å². The third kappa shape index (κ3) is 1.31. The Bertz CT molecular complexity index is 488. The predicted molar refractivity (Wildman–Crippen MR) is 51.7 cm³/mol. The van der Waals surface area contributed by atoms with Crippen molar-refractivity contribution in [3.8, 4) is 11.8 Å². The molecule has 15 heavy (non-hydrogen) atoms. The Hall–Kier alpha value is -2.09.